The molecule has 0 aliphatic carbocycles. The zero-order chi connectivity index (χ0) is 21.0. The van der Waals surface area contributed by atoms with Gasteiger partial charge in [0.2, 0.25) is 5.91 Å². The van der Waals surface area contributed by atoms with E-state index in [1.165, 1.54) is 23.5 Å². The summed E-state index contributed by atoms with van der Waals surface area (Å²) in [5.41, 5.74) is 1.63. The first-order valence-corrected chi connectivity index (χ1v) is 10.8. The van der Waals surface area contributed by atoms with Crippen LogP contribution in [0.2, 0.25) is 10.0 Å². The van der Waals surface area contributed by atoms with E-state index in [1.807, 2.05) is 6.07 Å². The number of carbonyl (C=O) groups is 1. The fraction of sp³-hybridized carbons (Fsp3) is 0.0952. The van der Waals surface area contributed by atoms with Gasteiger partial charge in [0.05, 0.1) is 27.0 Å². The molecule has 1 N–H and O–H groups in total. The van der Waals surface area contributed by atoms with Gasteiger partial charge in [0, 0.05) is 12.7 Å². The molecule has 150 valence electrons. The van der Waals surface area contributed by atoms with Crippen molar-refractivity contribution in [1.82, 2.24) is 0 Å². The second-order valence-electron chi connectivity index (χ2n) is 6.31. The summed E-state index contributed by atoms with van der Waals surface area (Å²) >= 11 is 11.9. The second kappa shape index (κ2) is 8.86. The number of nitrogens with one attached hydrogen (secondary N) is 1. The molecule has 0 saturated carbocycles. The molecule has 8 heteroatoms. The molecule has 0 aliphatic rings. The molecule has 0 aromatic heterocycles. The summed E-state index contributed by atoms with van der Waals surface area (Å²) in [6.45, 7) is 0. The highest BCUT2D eigenvalue weighted by Gasteiger charge is 2.21. The predicted molar refractivity (Wildman–Crippen MR) is 117 cm³/mol. The molecule has 0 atom stereocenters. The van der Waals surface area contributed by atoms with Crippen molar-refractivity contribution in [3.63, 3.8) is 0 Å². The van der Waals surface area contributed by atoms with Crippen LogP contribution in [0, 0.1) is 0 Å². The van der Waals surface area contributed by atoms with E-state index in [2.05, 4.69) is 5.32 Å². The van der Waals surface area contributed by atoms with E-state index in [0.29, 0.717) is 27.0 Å². The average molecular weight is 449 g/mol. The van der Waals surface area contributed by atoms with Gasteiger partial charge in [-0.05, 0) is 48.0 Å². The summed E-state index contributed by atoms with van der Waals surface area (Å²) in [5, 5.41) is 3.50. The zero-order valence-corrected chi connectivity index (χ0v) is 17.8. The van der Waals surface area contributed by atoms with Gasteiger partial charge in [-0.3, -0.25) is 9.10 Å². The van der Waals surface area contributed by atoms with E-state index in [4.69, 9.17) is 23.2 Å². The van der Waals surface area contributed by atoms with E-state index in [1.54, 1.807) is 54.6 Å². The highest BCUT2D eigenvalue weighted by Crippen LogP contribution is 2.25. The minimum absolute atomic E-state index is 0.0798. The maximum Gasteiger partial charge on any atom is 0.264 e. The van der Waals surface area contributed by atoms with E-state index in [-0.39, 0.29) is 17.2 Å². The lowest BCUT2D eigenvalue weighted by molar-refractivity contribution is -0.115. The Morgan fingerprint density at radius 3 is 2.34 bits per heavy atom. The first kappa shape index (κ1) is 21.2. The van der Waals surface area contributed by atoms with Crippen molar-refractivity contribution in [3.05, 3.63) is 88.4 Å². The van der Waals surface area contributed by atoms with Crippen molar-refractivity contribution in [2.45, 2.75) is 11.3 Å². The third kappa shape index (κ3) is 5.09. The van der Waals surface area contributed by atoms with Crippen molar-refractivity contribution >= 4 is 50.5 Å². The Labute approximate surface area is 179 Å². The lowest BCUT2D eigenvalue weighted by Gasteiger charge is -2.20. The largest absolute Gasteiger partial charge is 0.326 e. The summed E-state index contributed by atoms with van der Waals surface area (Å²) < 4.78 is 27.0. The van der Waals surface area contributed by atoms with Gasteiger partial charge in [-0.2, -0.15) is 0 Å². The van der Waals surface area contributed by atoms with Crippen LogP contribution < -0.4 is 9.62 Å². The molecule has 0 aliphatic heterocycles. The third-order valence-corrected chi connectivity index (χ3v) is 6.77. The van der Waals surface area contributed by atoms with Crippen molar-refractivity contribution in [1.29, 1.82) is 0 Å². The summed E-state index contributed by atoms with van der Waals surface area (Å²) in [6, 6.07) is 19.9. The number of carbonyl (C=O) groups excluding carboxylic acids is 1. The van der Waals surface area contributed by atoms with Crippen molar-refractivity contribution in [2.75, 3.05) is 16.7 Å². The molecule has 0 spiro atoms. The van der Waals surface area contributed by atoms with Gasteiger partial charge in [0.15, 0.2) is 0 Å². The van der Waals surface area contributed by atoms with Crippen LogP contribution >= 0.6 is 23.2 Å². The standard InChI is InChI=1S/C21H18Cl2N2O3S/c1-25(17-7-3-2-4-8-17)29(27,28)18-9-5-6-16(14-18)24-21(26)13-15-10-11-19(22)20(23)12-15/h2-12,14H,13H2,1H3,(H,24,26). The van der Waals surface area contributed by atoms with Gasteiger partial charge < -0.3 is 5.32 Å². The highest BCUT2D eigenvalue weighted by molar-refractivity contribution is 7.92. The van der Waals surface area contributed by atoms with Crippen molar-refractivity contribution in [3.8, 4) is 0 Å². The number of halogens is 2. The molecule has 0 saturated heterocycles. The normalized spacial score (nSPS) is 11.1. The maximum absolute atomic E-state index is 12.9. The molecular formula is C21H18Cl2N2O3S. The average Bonchev–Trinajstić information content (AvgIpc) is 2.71. The summed E-state index contributed by atoms with van der Waals surface area (Å²) in [6.07, 6.45) is 0.0811. The van der Waals surface area contributed by atoms with Crippen LogP contribution in [0.15, 0.2) is 77.7 Å². The molecule has 0 unspecified atom stereocenters. The highest BCUT2D eigenvalue weighted by atomic mass is 35.5. The molecule has 0 heterocycles. The molecule has 3 rings (SSSR count). The molecule has 1 amide bonds. The van der Waals surface area contributed by atoms with Crippen LogP contribution in [0.25, 0.3) is 0 Å². The fourth-order valence-corrected chi connectivity index (χ4v) is 4.27. The second-order valence-corrected chi connectivity index (χ2v) is 9.09. The van der Waals surface area contributed by atoms with Gasteiger partial charge >= 0.3 is 0 Å². The monoisotopic (exact) mass is 448 g/mol. The van der Waals surface area contributed by atoms with E-state index in [9.17, 15) is 13.2 Å². The van der Waals surface area contributed by atoms with Gasteiger partial charge in [0.25, 0.3) is 10.0 Å². The summed E-state index contributed by atoms with van der Waals surface area (Å²) in [7, 11) is -2.28. The van der Waals surface area contributed by atoms with Crippen LogP contribution in [0.4, 0.5) is 11.4 Å². The molecule has 3 aromatic carbocycles. The quantitative estimate of drug-likeness (QED) is 0.576. The number of para-hydroxylation sites is 1. The van der Waals surface area contributed by atoms with Crippen LogP contribution in [-0.4, -0.2) is 21.4 Å². The molecule has 3 aromatic rings. The number of hydrogen-bond acceptors (Lipinski definition) is 3. The first-order chi connectivity index (χ1) is 13.8. The van der Waals surface area contributed by atoms with E-state index in [0.717, 1.165) is 0 Å². The number of sulfonamides is 1. The van der Waals surface area contributed by atoms with Crippen LogP contribution in [0.1, 0.15) is 5.56 Å². The Kier molecular flexibility index (Phi) is 6.47. The molecular weight excluding hydrogens is 431 g/mol. The predicted octanol–water partition coefficient (Wildman–Crippen LogP) is 5.00. The Balaban J connectivity index is 1.76. The van der Waals surface area contributed by atoms with Gasteiger partial charge in [-0.25, -0.2) is 8.42 Å². The van der Waals surface area contributed by atoms with Crippen molar-refractivity contribution < 1.29 is 13.2 Å². The Bertz CT molecular complexity index is 1140. The van der Waals surface area contributed by atoms with Crippen LogP contribution in [0.3, 0.4) is 0 Å². The fourth-order valence-electron chi connectivity index (χ4n) is 2.71. The van der Waals surface area contributed by atoms with Crippen molar-refractivity contribution in [2.24, 2.45) is 0 Å². The van der Waals surface area contributed by atoms with Gasteiger partial charge in [-0.15, -0.1) is 0 Å². The van der Waals surface area contributed by atoms with Gasteiger partial charge in [0.1, 0.15) is 0 Å². The molecule has 0 fully saturated rings. The summed E-state index contributed by atoms with van der Waals surface area (Å²) in [4.78, 5) is 12.4. The molecule has 29 heavy (non-hydrogen) atoms. The zero-order valence-electron chi connectivity index (χ0n) is 15.5. The Hall–Kier alpha value is -2.54. The number of amides is 1. The van der Waals surface area contributed by atoms with E-state index < -0.39 is 10.0 Å². The van der Waals surface area contributed by atoms with E-state index >= 15 is 0 Å². The minimum Gasteiger partial charge on any atom is -0.326 e. The number of anilines is 2. The number of rotatable bonds is 6. The van der Waals surface area contributed by atoms with Gasteiger partial charge in [-0.1, -0.05) is 53.5 Å². The smallest absolute Gasteiger partial charge is 0.264 e. The first-order valence-electron chi connectivity index (χ1n) is 8.65. The summed E-state index contributed by atoms with van der Waals surface area (Å²) in [5.74, 6) is -0.297. The molecule has 0 radical (unpaired) electrons. The number of hydrogen-bond donors (Lipinski definition) is 1. The lowest BCUT2D eigenvalue weighted by Crippen LogP contribution is -2.26. The molecule has 0 bridgehead atoms. The Morgan fingerprint density at radius 1 is 0.931 bits per heavy atom. The topological polar surface area (TPSA) is 66.5 Å². The lowest BCUT2D eigenvalue weighted by atomic mass is 10.1. The SMILES string of the molecule is CN(c1ccccc1)S(=O)(=O)c1cccc(NC(=O)Cc2ccc(Cl)c(Cl)c2)c1. The number of nitrogens with zero attached hydrogens (tertiary/aromatic N) is 1. The minimum atomic E-state index is -3.77. The third-order valence-electron chi connectivity index (χ3n) is 4.24. The molecule has 5 nitrogen and oxygen atoms in total. The maximum atomic E-state index is 12.9. The Morgan fingerprint density at radius 2 is 1.66 bits per heavy atom. The van der Waals surface area contributed by atoms with Crippen LogP contribution in [0.5, 0.6) is 0 Å². The number of benzene rings is 3. The van der Waals surface area contributed by atoms with Crippen LogP contribution in [-0.2, 0) is 21.2 Å².